The molecule has 0 heterocycles. The van der Waals surface area contributed by atoms with E-state index in [9.17, 15) is 0 Å². The molecule has 0 N–H and O–H groups in total. The second kappa shape index (κ2) is 5.29. The zero-order valence-electron chi connectivity index (χ0n) is 9.05. The van der Waals surface area contributed by atoms with Gasteiger partial charge in [0.1, 0.15) is 0 Å². The van der Waals surface area contributed by atoms with E-state index in [0.717, 1.165) is 24.2 Å². The molecule has 0 radical (unpaired) electrons. The number of allylic oxidation sites excluding steroid dienone is 1. The maximum Gasteiger partial charge on any atom is -0.0249 e. The third-order valence-electron chi connectivity index (χ3n) is 3.29. The summed E-state index contributed by atoms with van der Waals surface area (Å²) in [4.78, 5) is 0. The summed E-state index contributed by atoms with van der Waals surface area (Å²) in [5.41, 5.74) is 2.85. The largest absolute Gasteiger partial charge is 0.133 e. The smallest absolute Gasteiger partial charge is 0.0249 e. The molecule has 0 aliphatic heterocycles. The summed E-state index contributed by atoms with van der Waals surface area (Å²) in [5, 5.41) is 0. The van der Waals surface area contributed by atoms with E-state index in [4.69, 9.17) is 0 Å². The van der Waals surface area contributed by atoms with E-state index in [2.05, 4.69) is 32.2 Å². The fourth-order valence-corrected chi connectivity index (χ4v) is 2.06. The van der Waals surface area contributed by atoms with E-state index in [0.29, 0.717) is 0 Å². The Balaban J connectivity index is 2.02. The van der Waals surface area contributed by atoms with Crippen LogP contribution < -0.4 is 0 Å². The highest BCUT2D eigenvalue weighted by Crippen LogP contribution is 2.44. The molecule has 0 nitrogen and oxygen atoms in total. The van der Waals surface area contributed by atoms with Crippen LogP contribution in [0.5, 0.6) is 0 Å². The van der Waals surface area contributed by atoms with Gasteiger partial charge in [-0.25, -0.2) is 0 Å². The van der Waals surface area contributed by atoms with E-state index >= 15 is 0 Å². The molecule has 0 spiro atoms. The second-order valence-corrected chi connectivity index (χ2v) is 4.49. The Morgan fingerprint density at radius 1 is 1.54 bits per heavy atom. The molecule has 3 unspecified atom stereocenters. The van der Waals surface area contributed by atoms with Gasteiger partial charge in [0.2, 0.25) is 0 Å². The average Bonchev–Trinajstić information content (AvgIpc) is 2.90. The number of hydrogen-bond donors (Lipinski definition) is 0. The van der Waals surface area contributed by atoms with Crippen LogP contribution in [0.15, 0.2) is 18.4 Å². The van der Waals surface area contributed by atoms with Crippen LogP contribution in [0, 0.1) is 17.8 Å². The van der Waals surface area contributed by atoms with Gasteiger partial charge < -0.3 is 0 Å². The van der Waals surface area contributed by atoms with Gasteiger partial charge in [0.05, 0.1) is 0 Å². The number of hydrogen-bond acceptors (Lipinski definition) is 0. The standard InChI is InChI=1S/C13H22/c1-4-6-7-11(3)8-9-13-10-12(13)5-2/h6,11-13H,1,5,7-10H2,2-3H3. The highest BCUT2D eigenvalue weighted by Gasteiger charge is 2.34. The first-order valence-corrected chi connectivity index (χ1v) is 5.62. The lowest BCUT2D eigenvalue weighted by molar-refractivity contribution is 0.479. The van der Waals surface area contributed by atoms with Crippen molar-refractivity contribution in [2.75, 3.05) is 0 Å². The van der Waals surface area contributed by atoms with Crippen molar-refractivity contribution in [1.82, 2.24) is 0 Å². The minimum absolute atomic E-state index is 0.826. The van der Waals surface area contributed by atoms with Crippen molar-refractivity contribution in [3.8, 4) is 0 Å². The van der Waals surface area contributed by atoms with Crippen LogP contribution >= 0.6 is 0 Å². The van der Waals surface area contributed by atoms with Crippen LogP contribution in [-0.4, -0.2) is 0 Å². The lowest BCUT2D eigenvalue weighted by Gasteiger charge is -2.06. The van der Waals surface area contributed by atoms with Gasteiger partial charge in [-0.3, -0.25) is 0 Å². The monoisotopic (exact) mass is 178 g/mol. The molecule has 0 aromatic heterocycles. The minimum atomic E-state index is 0.826. The predicted octanol–water partition coefficient (Wildman–Crippen LogP) is 4.18. The maximum absolute atomic E-state index is 3.58. The molecule has 3 atom stereocenters. The van der Waals surface area contributed by atoms with Gasteiger partial charge in [-0.05, 0) is 43.1 Å². The SMILES string of the molecule is C=C=CCC(C)CCC1CC1CC. The van der Waals surface area contributed by atoms with Crippen LogP contribution in [0.2, 0.25) is 0 Å². The highest BCUT2D eigenvalue weighted by atomic mass is 14.4. The lowest BCUT2D eigenvalue weighted by Crippen LogP contribution is -1.94. The average molecular weight is 178 g/mol. The molecule has 1 aliphatic rings. The van der Waals surface area contributed by atoms with Crippen LogP contribution in [-0.2, 0) is 0 Å². The zero-order valence-corrected chi connectivity index (χ0v) is 9.05. The molecule has 0 heteroatoms. The summed E-state index contributed by atoms with van der Waals surface area (Å²) in [5.74, 6) is 2.97. The van der Waals surface area contributed by atoms with Crippen molar-refractivity contribution in [3.63, 3.8) is 0 Å². The van der Waals surface area contributed by atoms with Gasteiger partial charge in [-0.2, -0.15) is 0 Å². The quantitative estimate of drug-likeness (QED) is 0.535. The van der Waals surface area contributed by atoms with Gasteiger partial charge in [0, 0.05) is 0 Å². The first-order chi connectivity index (χ1) is 6.27. The van der Waals surface area contributed by atoms with E-state index in [1.807, 2.05) is 0 Å². The molecular formula is C13H22. The van der Waals surface area contributed by atoms with Crippen molar-refractivity contribution < 1.29 is 0 Å². The van der Waals surface area contributed by atoms with Crippen LogP contribution in [0.1, 0.15) is 46.0 Å². The minimum Gasteiger partial charge on any atom is -0.133 e. The summed E-state index contributed by atoms with van der Waals surface area (Å²) in [6.45, 7) is 8.23. The van der Waals surface area contributed by atoms with E-state index in [1.165, 1.54) is 25.7 Å². The molecule has 0 aromatic carbocycles. The Morgan fingerprint density at radius 2 is 2.31 bits per heavy atom. The van der Waals surface area contributed by atoms with Gasteiger partial charge in [-0.1, -0.05) is 33.3 Å². The molecule has 1 fully saturated rings. The summed E-state index contributed by atoms with van der Waals surface area (Å²) < 4.78 is 0. The highest BCUT2D eigenvalue weighted by molar-refractivity contribution is 4.86. The molecule has 0 aromatic rings. The predicted molar refractivity (Wildman–Crippen MR) is 58.6 cm³/mol. The summed E-state index contributed by atoms with van der Waals surface area (Å²) in [7, 11) is 0. The van der Waals surface area contributed by atoms with Crippen LogP contribution in [0.4, 0.5) is 0 Å². The van der Waals surface area contributed by atoms with Crippen LogP contribution in [0.3, 0.4) is 0 Å². The molecule has 1 aliphatic carbocycles. The Labute approximate surface area is 82.7 Å². The van der Waals surface area contributed by atoms with Crippen molar-refractivity contribution in [2.45, 2.75) is 46.0 Å². The normalized spacial score (nSPS) is 27.8. The first-order valence-electron chi connectivity index (χ1n) is 5.62. The molecule has 13 heavy (non-hydrogen) atoms. The van der Waals surface area contributed by atoms with Gasteiger partial charge in [0.15, 0.2) is 0 Å². The Bertz CT molecular complexity index is 186. The first kappa shape index (κ1) is 10.6. The van der Waals surface area contributed by atoms with E-state index < -0.39 is 0 Å². The third kappa shape index (κ3) is 3.83. The zero-order chi connectivity index (χ0) is 9.68. The second-order valence-electron chi connectivity index (χ2n) is 4.49. The molecule has 74 valence electrons. The van der Waals surface area contributed by atoms with Gasteiger partial charge in [0.25, 0.3) is 0 Å². The molecular weight excluding hydrogens is 156 g/mol. The topological polar surface area (TPSA) is 0 Å². The summed E-state index contributed by atoms with van der Waals surface area (Å²) in [6.07, 6.45) is 8.96. The van der Waals surface area contributed by atoms with E-state index in [-0.39, 0.29) is 0 Å². The Kier molecular flexibility index (Phi) is 4.32. The third-order valence-corrected chi connectivity index (χ3v) is 3.29. The molecule has 0 amide bonds. The maximum atomic E-state index is 3.58. The fraction of sp³-hybridized carbons (Fsp3) is 0.769. The molecule has 0 saturated heterocycles. The van der Waals surface area contributed by atoms with Crippen molar-refractivity contribution in [2.24, 2.45) is 17.8 Å². The Hall–Kier alpha value is -0.480. The van der Waals surface area contributed by atoms with Crippen LogP contribution in [0.25, 0.3) is 0 Å². The van der Waals surface area contributed by atoms with Crippen molar-refractivity contribution in [1.29, 1.82) is 0 Å². The Morgan fingerprint density at radius 3 is 2.85 bits per heavy atom. The summed E-state index contributed by atoms with van der Waals surface area (Å²) in [6, 6.07) is 0. The molecule has 0 bridgehead atoms. The lowest BCUT2D eigenvalue weighted by atomic mass is 9.99. The molecule has 1 saturated carbocycles. The fourth-order valence-electron chi connectivity index (χ4n) is 2.06. The van der Waals surface area contributed by atoms with Gasteiger partial charge >= 0.3 is 0 Å². The number of rotatable bonds is 6. The van der Waals surface area contributed by atoms with Gasteiger partial charge in [-0.15, -0.1) is 5.73 Å². The van der Waals surface area contributed by atoms with Crippen molar-refractivity contribution in [3.05, 3.63) is 18.4 Å². The van der Waals surface area contributed by atoms with E-state index in [1.54, 1.807) is 0 Å². The molecule has 1 rings (SSSR count). The summed E-state index contributed by atoms with van der Waals surface area (Å²) >= 11 is 0. The van der Waals surface area contributed by atoms with Crippen molar-refractivity contribution >= 4 is 0 Å².